The summed E-state index contributed by atoms with van der Waals surface area (Å²) in [5, 5.41) is 9.73. The van der Waals surface area contributed by atoms with Gasteiger partial charge in [-0.25, -0.2) is 8.42 Å². The molecule has 4 nitrogen and oxygen atoms in total. The van der Waals surface area contributed by atoms with Crippen molar-refractivity contribution in [3.8, 4) is 5.75 Å². The molecule has 0 radical (unpaired) electrons. The molecular weight excluding hydrogens is 250 g/mol. The lowest BCUT2D eigenvalue weighted by Crippen LogP contribution is -2.36. The maximum Gasteiger partial charge on any atom is 0.247 e. The summed E-state index contributed by atoms with van der Waals surface area (Å²) in [4.78, 5) is 0.0116. The molecule has 1 saturated carbocycles. The fourth-order valence-electron chi connectivity index (χ4n) is 1.97. The molecular formula is C13H19NO3S. The van der Waals surface area contributed by atoms with Crippen molar-refractivity contribution >= 4 is 10.0 Å². The van der Waals surface area contributed by atoms with Gasteiger partial charge in [0.1, 0.15) is 10.6 Å². The fourth-order valence-corrected chi connectivity index (χ4v) is 3.90. The molecule has 0 atom stereocenters. The third kappa shape index (κ3) is 2.67. The minimum atomic E-state index is -3.58. The van der Waals surface area contributed by atoms with Crippen molar-refractivity contribution in [2.45, 2.75) is 37.6 Å². The lowest BCUT2D eigenvalue weighted by Gasteiger charge is -2.24. The van der Waals surface area contributed by atoms with Crippen molar-refractivity contribution in [2.75, 3.05) is 6.54 Å². The maximum atomic E-state index is 12.5. The first-order valence-corrected chi connectivity index (χ1v) is 7.66. The number of benzene rings is 1. The SMILES string of the molecule is CC(C)CN(C1CC1)S(=O)(=O)c1ccccc1O. The summed E-state index contributed by atoms with van der Waals surface area (Å²) in [6, 6.07) is 6.23. The van der Waals surface area contributed by atoms with E-state index in [0.29, 0.717) is 6.54 Å². The zero-order valence-corrected chi connectivity index (χ0v) is 11.5. The van der Waals surface area contributed by atoms with E-state index in [0.717, 1.165) is 12.8 Å². The van der Waals surface area contributed by atoms with Gasteiger partial charge in [-0.2, -0.15) is 4.31 Å². The molecule has 0 bridgehead atoms. The van der Waals surface area contributed by atoms with Crippen LogP contribution in [0.4, 0.5) is 0 Å². The first-order chi connectivity index (χ1) is 8.43. The van der Waals surface area contributed by atoms with Crippen LogP contribution < -0.4 is 0 Å². The minimum absolute atomic E-state index is 0.0116. The van der Waals surface area contributed by atoms with E-state index in [9.17, 15) is 13.5 Å². The normalized spacial score (nSPS) is 16.4. The molecule has 1 N–H and O–H groups in total. The highest BCUT2D eigenvalue weighted by Gasteiger charge is 2.39. The summed E-state index contributed by atoms with van der Waals surface area (Å²) in [5.74, 6) is 0.0955. The molecule has 1 fully saturated rings. The van der Waals surface area contributed by atoms with Gasteiger partial charge in [-0.15, -0.1) is 0 Å². The quantitative estimate of drug-likeness (QED) is 0.891. The second kappa shape index (κ2) is 4.90. The van der Waals surface area contributed by atoms with Gasteiger partial charge in [-0.05, 0) is 30.9 Å². The van der Waals surface area contributed by atoms with Crippen LogP contribution in [-0.4, -0.2) is 30.4 Å². The molecule has 2 rings (SSSR count). The van der Waals surface area contributed by atoms with Crippen LogP contribution >= 0.6 is 0 Å². The van der Waals surface area contributed by atoms with E-state index < -0.39 is 10.0 Å². The molecule has 0 aromatic heterocycles. The minimum Gasteiger partial charge on any atom is -0.507 e. The Hall–Kier alpha value is -1.07. The van der Waals surface area contributed by atoms with Gasteiger partial charge in [0.05, 0.1) is 0 Å². The summed E-state index contributed by atoms with van der Waals surface area (Å²) in [6.07, 6.45) is 1.83. The summed E-state index contributed by atoms with van der Waals surface area (Å²) in [7, 11) is -3.58. The van der Waals surface area contributed by atoms with Crippen LogP contribution in [0.5, 0.6) is 5.75 Å². The molecule has 0 heterocycles. The predicted molar refractivity (Wildman–Crippen MR) is 69.9 cm³/mol. The molecule has 18 heavy (non-hydrogen) atoms. The number of sulfonamides is 1. The largest absolute Gasteiger partial charge is 0.507 e. The molecule has 0 unspecified atom stereocenters. The van der Waals surface area contributed by atoms with Crippen LogP contribution in [0.2, 0.25) is 0 Å². The smallest absolute Gasteiger partial charge is 0.247 e. The zero-order chi connectivity index (χ0) is 13.3. The maximum absolute atomic E-state index is 12.5. The average molecular weight is 269 g/mol. The van der Waals surface area contributed by atoms with Gasteiger partial charge in [-0.3, -0.25) is 0 Å². The third-order valence-electron chi connectivity index (χ3n) is 2.95. The molecule has 1 aromatic rings. The molecule has 0 aliphatic heterocycles. The summed E-state index contributed by atoms with van der Waals surface area (Å²) in [6.45, 7) is 4.49. The number of phenols is 1. The van der Waals surface area contributed by atoms with Gasteiger partial charge in [0.15, 0.2) is 0 Å². The molecule has 0 amide bonds. The Morgan fingerprint density at radius 1 is 1.33 bits per heavy atom. The summed E-state index contributed by atoms with van der Waals surface area (Å²) < 4.78 is 26.6. The Balaban J connectivity index is 2.36. The van der Waals surface area contributed by atoms with Crippen molar-refractivity contribution in [3.05, 3.63) is 24.3 Å². The second-order valence-electron chi connectivity index (χ2n) is 5.17. The van der Waals surface area contributed by atoms with E-state index >= 15 is 0 Å². The van der Waals surface area contributed by atoms with Gasteiger partial charge >= 0.3 is 0 Å². The molecule has 1 aliphatic carbocycles. The second-order valence-corrected chi connectivity index (χ2v) is 7.03. The van der Waals surface area contributed by atoms with Crippen LogP contribution in [0.1, 0.15) is 26.7 Å². The highest BCUT2D eigenvalue weighted by atomic mass is 32.2. The average Bonchev–Trinajstić information content (AvgIpc) is 3.09. The Kier molecular flexibility index (Phi) is 3.64. The molecule has 1 aliphatic rings. The number of aromatic hydroxyl groups is 1. The first-order valence-electron chi connectivity index (χ1n) is 6.22. The Morgan fingerprint density at radius 3 is 2.44 bits per heavy atom. The van der Waals surface area contributed by atoms with Crippen molar-refractivity contribution in [1.29, 1.82) is 0 Å². The number of nitrogens with zero attached hydrogens (tertiary/aromatic N) is 1. The van der Waals surface area contributed by atoms with E-state index in [4.69, 9.17) is 0 Å². The highest BCUT2D eigenvalue weighted by Crippen LogP contribution is 2.35. The topological polar surface area (TPSA) is 57.6 Å². The van der Waals surface area contributed by atoms with Crippen molar-refractivity contribution in [1.82, 2.24) is 4.31 Å². The number of phenolic OH excluding ortho intramolecular Hbond substituents is 1. The van der Waals surface area contributed by atoms with Gasteiger partial charge in [0, 0.05) is 12.6 Å². The van der Waals surface area contributed by atoms with Gasteiger partial charge in [0.2, 0.25) is 10.0 Å². The molecule has 0 saturated heterocycles. The number of rotatable bonds is 5. The summed E-state index contributed by atoms with van der Waals surface area (Å²) in [5.41, 5.74) is 0. The molecule has 100 valence electrons. The van der Waals surface area contributed by atoms with Crippen LogP contribution in [-0.2, 0) is 10.0 Å². The van der Waals surface area contributed by atoms with Crippen molar-refractivity contribution < 1.29 is 13.5 Å². The number of hydrogen-bond donors (Lipinski definition) is 1. The lowest BCUT2D eigenvalue weighted by atomic mass is 10.2. The lowest BCUT2D eigenvalue weighted by molar-refractivity contribution is 0.357. The van der Waals surface area contributed by atoms with Crippen LogP contribution in [0.15, 0.2) is 29.2 Å². The molecule has 1 aromatic carbocycles. The third-order valence-corrected chi connectivity index (χ3v) is 4.92. The predicted octanol–water partition coefficient (Wildman–Crippen LogP) is 2.20. The fraction of sp³-hybridized carbons (Fsp3) is 0.538. The van der Waals surface area contributed by atoms with Crippen LogP contribution in [0.3, 0.4) is 0 Å². The Bertz CT molecular complexity index is 521. The number of hydrogen-bond acceptors (Lipinski definition) is 3. The van der Waals surface area contributed by atoms with Gasteiger partial charge < -0.3 is 5.11 Å². The van der Waals surface area contributed by atoms with Crippen LogP contribution in [0, 0.1) is 5.92 Å². The van der Waals surface area contributed by atoms with Gasteiger partial charge in [-0.1, -0.05) is 26.0 Å². The van der Waals surface area contributed by atoms with Crippen LogP contribution in [0.25, 0.3) is 0 Å². The summed E-state index contributed by atoms with van der Waals surface area (Å²) >= 11 is 0. The first kappa shape index (κ1) is 13.4. The zero-order valence-electron chi connectivity index (χ0n) is 10.7. The monoisotopic (exact) mass is 269 g/mol. The van der Waals surface area contributed by atoms with Gasteiger partial charge in [0.25, 0.3) is 0 Å². The van der Waals surface area contributed by atoms with E-state index in [1.807, 2.05) is 13.8 Å². The highest BCUT2D eigenvalue weighted by molar-refractivity contribution is 7.89. The molecule has 0 spiro atoms. The van der Waals surface area contributed by atoms with E-state index in [2.05, 4.69) is 0 Å². The van der Waals surface area contributed by atoms with E-state index in [1.165, 1.54) is 16.4 Å². The standard InChI is InChI=1S/C13H19NO3S/c1-10(2)9-14(11-7-8-11)18(16,17)13-6-4-3-5-12(13)15/h3-6,10-11,15H,7-9H2,1-2H3. The Labute approximate surface area is 108 Å². The van der Waals surface area contributed by atoms with Crippen molar-refractivity contribution in [2.24, 2.45) is 5.92 Å². The van der Waals surface area contributed by atoms with E-state index in [1.54, 1.807) is 12.1 Å². The van der Waals surface area contributed by atoms with Crippen molar-refractivity contribution in [3.63, 3.8) is 0 Å². The molecule has 5 heteroatoms. The number of para-hydroxylation sites is 1. The Morgan fingerprint density at radius 2 is 1.94 bits per heavy atom. The van der Waals surface area contributed by atoms with E-state index in [-0.39, 0.29) is 22.6 Å².